The Morgan fingerprint density at radius 2 is 2.00 bits per heavy atom. The quantitative estimate of drug-likeness (QED) is 0.472. The molecular formula is C21H13B2ClFN5O. The average Bonchev–Trinajstić information content (AvgIpc) is 3.19. The second kappa shape index (κ2) is 6.92. The summed E-state index contributed by atoms with van der Waals surface area (Å²) in [7, 11) is 14.2. The number of aromatic nitrogens is 4. The van der Waals surface area contributed by atoms with Gasteiger partial charge in [0.25, 0.3) is 5.91 Å². The molecule has 1 amide bonds. The van der Waals surface area contributed by atoms with E-state index in [0.29, 0.717) is 16.8 Å². The first-order chi connectivity index (χ1) is 14.8. The number of aryl methyl sites for hydroxylation is 1. The highest BCUT2D eigenvalue weighted by Crippen LogP contribution is 2.37. The van der Waals surface area contributed by atoms with Crippen LogP contribution >= 0.6 is 11.6 Å². The molecule has 0 spiro atoms. The summed E-state index contributed by atoms with van der Waals surface area (Å²) in [5.74, 6) is -1.01. The van der Waals surface area contributed by atoms with E-state index in [1.54, 1.807) is 36.1 Å². The van der Waals surface area contributed by atoms with Crippen LogP contribution in [-0.4, -0.2) is 46.2 Å². The fourth-order valence-electron chi connectivity index (χ4n) is 3.81. The molecule has 4 radical (unpaired) electrons. The summed E-state index contributed by atoms with van der Waals surface area (Å²) in [5.41, 5.74) is 2.47. The van der Waals surface area contributed by atoms with Crippen molar-refractivity contribution in [3.05, 3.63) is 76.6 Å². The molecule has 148 valence electrons. The summed E-state index contributed by atoms with van der Waals surface area (Å²) in [6.07, 6.45) is 4.93. The Morgan fingerprint density at radius 3 is 2.74 bits per heavy atom. The van der Waals surface area contributed by atoms with E-state index in [0.717, 1.165) is 10.3 Å². The van der Waals surface area contributed by atoms with Gasteiger partial charge < -0.3 is 4.90 Å². The Labute approximate surface area is 184 Å². The van der Waals surface area contributed by atoms with Crippen molar-refractivity contribution in [1.29, 1.82) is 0 Å². The zero-order chi connectivity index (χ0) is 21.9. The van der Waals surface area contributed by atoms with Crippen molar-refractivity contribution in [2.75, 3.05) is 0 Å². The molecule has 4 heterocycles. The van der Waals surface area contributed by atoms with E-state index in [2.05, 4.69) is 15.1 Å². The van der Waals surface area contributed by atoms with Crippen LogP contribution in [0.25, 0.3) is 22.2 Å². The molecule has 0 fully saturated rings. The number of carbonyl (C=O) groups excluding carboxylic acids is 1. The van der Waals surface area contributed by atoms with Gasteiger partial charge in [0.1, 0.15) is 5.82 Å². The molecule has 0 saturated heterocycles. The van der Waals surface area contributed by atoms with E-state index in [4.69, 9.17) is 27.3 Å². The zero-order valence-electron chi connectivity index (χ0n) is 16.4. The van der Waals surface area contributed by atoms with E-state index in [1.165, 1.54) is 12.3 Å². The van der Waals surface area contributed by atoms with Gasteiger partial charge in [0.05, 0.1) is 26.9 Å². The second-order valence-electron chi connectivity index (χ2n) is 7.47. The lowest BCUT2D eigenvalue weighted by Gasteiger charge is -2.33. The Hall–Kier alpha value is -3.19. The largest absolute Gasteiger partial charge is 0.340 e. The van der Waals surface area contributed by atoms with Crippen molar-refractivity contribution >= 4 is 44.2 Å². The monoisotopic (exact) mass is 427 g/mol. The minimum Gasteiger partial charge on any atom is -0.340 e. The third kappa shape index (κ3) is 3.11. The van der Waals surface area contributed by atoms with Gasteiger partial charge in [-0.3, -0.25) is 14.5 Å². The molecule has 4 aromatic rings. The molecule has 1 aliphatic rings. The third-order valence-corrected chi connectivity index (χ3v) is 5.71. The molecule has 0 bridgehead atoms. The van der Waals surface area contributed by atoms with Crippen LogP contribution in [0, 0.1) is 5.82 Å². The van der Waals surface area contributed by atoms with E-state index < -0.39 is 17.1 Å². The molecule has 31 heavy (non-hydrogen) atoms. The lowest BCUT2D eigenvalue weighted by atomic mass is 9.59. The van der Waals surface area contributed by atoms with E-state index in [-0.39, 0.29) is 28.4 Å². The lowest BCUT2D eigenvalue weighted by molar-refractivity contribution is 0.0729. The van der Waals surface area contributed by atoms with Crippen molar-refractivity contribution in [2.24, 2.45) is 7.05 Å². The number of rotatable bonds is 3. The van der Waals surface area contributed by atoms with Crippen molar-refractivity contribution in [1.82, 2.24) is 24.6 Å². The number of hydrogen-bond acceptors (Lipinski definition) is 4. The van der Waals surface area contributed by atoms with Crippen LogP contribution in [-0.2, 0) is 18.9 Å². The average molecular weight is 427 g/mol. The van der Waals surface area contributed by atoms with Gasteiger partial charge in [0, 0.05) is 59.1 Å². The molecule has 10 heteroatoms. The number of pyridine rings is 2. The Kier molecular flexibility index (Phi) is 4.41. The maximum absolute atomic E-state index is 15.1. The van der Waals surface area contributed by atoms with Crippen molar-refractivity contribution < 1.29 is 9.18 Å². The standard InChI is InChI=1S/C21H13B2ClFN5O/c1-29-9-13-5-12(8-27-19(13)28-29)11-6-16(24)15(17(25)7-11)10-30-20(31)14-3-2-4-26-18(14)21(30,22)23/h2-9H,10H2,1H3. The number of benzene rings is 1. The maximum Gasteiger partial charge on any atom is 0.255 e. The second-order valence-corrected chi connectivity index (χ2v) is 7.88. The van der Waals surface area contributed by atoms with Gasteiger partial charge in [-0.15, -0.1) is 0 Å². The van der Waals surface area contributed by atoms with Gasteiger partial charge >= 0.3 is 0 Å². The summed E-state index contributed by atoms with van der Waals surface area (Å²) in [5, 5.41) is 3.53. The molecule has 1 aliphatic heterocycles. The highest BCUT2D eigenvalue weighted by atomic mass is 35.5. The molecule has 0 unspecified atom stereocenters. The summed E-state index contributed by atoms with van der Waals surface area (Å²) >= 11 is 6.43. The summed E-state index contributed by atoms with van der Waals surface area (Å²) < 4.78 is 16.8. The van der Waals surface area contributed by atoms with Gasteiger partial charge in [0.2, 0.25) is 0 Å². The minimum atomic E-state index is -1.67. The number of carbonyl (C=O) groups is 1. The van der Waals surface area contributed by atoms with Crippen LogP contribution in [0.3, 0.4) is 0 Å². The minimum absolute atomic E-state index is 0.113. The highest BCUT2D eigenvalue weighted by molar-refractivity contribution is 6.42. The SMILES string of the molecule is [B]C1([B])c2ncccc2C(=O)N1Cc1c(F)cc(-c2cnc3nn(C)cc3c2)cc1Cl. The van der Waals surface area contributed by atoms with Crippen LogP contribution in [0.1, 0.15) is 21.6 Å². The number of amides is 1. The fraction of sp³-hybridized carbons (Fsp3) is 0.143. The number of nitrogens with zero attached hydrogens (tertiary/aromatic N) is 5. The Balaban J connectivity index is 1.51. The highest BCUT2D eigenvalue weighted by Gasteiger charge is 2.43. The smallest absolute Gasteiger partial charge is 0.255 e. The number of halogens is 2. The Morgan fingerprint density at radius 1 is 1.19 bits per heavy atom. The van der Waals surface area contributed by atoms with Crippen molar-refractivity contribution in [3.8, 4) is 11.1 Å². The van der Waals surface area contributed by atoms with E-state index >= 15 is 4.39 Å². The van der Waals surface area contributed by atoms with E-state index in [9.17, 15) is 4.79 Å². The molecule has 3 aromatic heterocycles. The molecular weight excluding hydrogens is 414 g/mol. The van der Waals surface area contributed by atoms with Gasteiger partial charge in [-0.25, -0.2) is 9.37 Å². The van der Waals surface area contributed by atoms with Gasteiger partial charge in [0.15, 0.2) is 5.65 Å². The third-order valence-electron chi connectivity index (χ3n) is 5.37. The normalized spacial score (nSPS) is 14.9. The predicted octanol–water partition coefficient (Wildman–Crippen LogP) is 2.93. The molecule has 6 nitrogen and oxygen atoms in total. The molecule has 0 aliphatic carbocycles. The predicted molar refractivity (Wildman–Crippen MR) is 116 cm³/mol. The zero-order valence-corrected chi connectivity index (χ0v) is 17.1. The molecule has 0 saturated carbocycles. The topological polar surface area (TPSA) is 63.9 Å². The molecule has 5 rings (SSSR count). The van der Waals surface area contributed by atoms with Crippen LogP contribution in [0.2, 0.25) is 5.02 Å². The van der Waals surface area contributed by atoms with Crippen LogP contribution in [0.5, 0.6) is 0 Å². The lowest BCUT2D eigenvalue weighted by Crippen LogP contribution is -2.44. The number of fused-ring (bicyclic) bond motifs is 2. The first kappa shape index (κ1) is 19.8. The van der Waals surface area contributed by atoms with Crippen LogP contribution < -0.4 is 0 Å². The first-order valence-electron chi connectivity index (χ1n) is 9.38. The van der Waals surface area contributed by atoms with Crippen molar-refractivity contribution in [2.45, 2.75) is 11.9 Å². The van der Waals surface area contributed by atoms with Crippen LogP contribution in [0.4, 0.5) is 4.39 Å². The van der Waals surface area contributed by atoms with Gasteiger partial charge in [-0.1, -0.05) is 11.6 Å². The van der Waals surface area contributed by atoms with Crippen LogP contribution in [0.15, 0.2) is 48.9 Å². The van der Waals surface area contributed by atoms with Crippen molar-refractivity contribution in [3.63, 3.8) is 0 Å². The van der Waals surface area contributed by atoms with Gasteiger partial charge in [-0.2, -0.15) is 5.10 Å². The van der Waals surface area contributed by atoms with E-state index in [1.807, 2.05) is 12.3 Å². The Bertz CT molecular complexity index is 1350. The summed E-state index contributed by atoms with van der Waals surface area (Å²) in [6.45, 7) is -0.201. The maximum atomic E-state index is 15.1. The molecule has 0 atom stereocenters. The first-order valence-corrected chi connectivity index (χ1v) is 9.76. The number of hydrogen-bond donors (Lipinski definition) is 0. The molecule has 0 N–H and O–H groups in total. The fourth-order valence-corrected chi connectivity index (χ4v) is 4.08. The summed E-state index contributed by atoms with van der Waals surface area (Å²) in [4.78, 5) is 22.4. The molecule has 1 aromatic carbocycles. The summed E-state index contributed by atoms with van der Waals surface area (Å²) in [6, 6.07) is 8.03. The van der Waals surface area contributed by atoms with Gasteiger partial charge in [-0.05, 0) is 35.9 Å².